The summed E-state index contributed by atoms with van der Waals surface area (Å²) < 4.78 is 7.01. The molecule has 0 saturated heterocycles. The van der Waals surface area contributed by atoms with E-state index in [2.05, 4.69) is 10.1 Å². The van der Waals surface area contributed by atoms with Gasteiger partial charge in [0.15, 0.2) is 0 Å². The first-order valence-corrected chi connectivity index (χ1v) is 4.25. The lowest BCUT2D eigenvalue weighted by Crippen LogP contribution is -2.02. The number of rotatable bonds is 2. The van der Waals surface area contributed by atoms with Gasteiger partial charge < -0.3 is 4.74 Å². The molecular formula is C9H11N3O. The monoisotopic (exact) mass is 177 g/mol. The Labute approximate surface area is 76.2 Å². The highest BCUT2D eigenvalue weighted by Gasteiger charge is 2.01. The average molecular weight is 177 g/mol. The molecule has 4 heteroatoms. The molecule has 0 aliphatic rings. The summed E-state index contributed by atoms with van der Waals surface area (Å²) >= 11 is 0. The van der Waals surface area contributed by atoms with Crippen LogP contribution in [-0.2, 0) is 0 Å². The minimum Gasteiger partial charge on any atom is -0.463 e. The molecule has 0 aliphatic carbocycles. The average Bonchev–Trinajstić information content (AvgIpc) is 2.49. The molecule has 0 unspecified atom stereocenters. The highest BCUT2D eigenvalue weighted by Crippen LogP contribution is 2.08. The molecule has 2 heterocycles. The summed E-state index contributed by atoms with van der Waals surface area (Å²) in [6.07, 6.45) is 1.75. The van der Waals surface area contributed by atoms with Gasteiger partial charge in [-0.05, 0) is 26.0 Å². The van der Waals surface area contributed by atoms with Crippen LogP contribution < -0.4 is 4.74 Å². The van der Waals surface area contributed by atoms with Crippen LogP contribution in [0.4, 0.5) is 0 Å². The molecule has 0 spiro atoms. The molecule has 2 aromatic rings. The zero-order valence-corrected chi connectivity index (χ0v) is 7.69. The Morgan fingerprint density at radius 3 is 3.08 bits per heavy atom. The molecule has 0 bridgehead atoms. The van der Waals surface area contributed by atoms with Crippen molar-refractivity contribution in [1.82, 2.24) is 14.6 Å². The van der Waals surface area contributed by atoms with Crippen molar-refractivity contribution >= 4 is 5.52 Å². The number of ether oxygens (including phenoxy) is 1. The van der Waals surface area contributed by atoms with Gasteiger partial charge in [0.25, 0.3) is 0 Å². The molecule has 0 aromatic carbocycles. The van der Waals surface area contributed by atoms with Crippen molar-refractivity contribution in [1.29, 1.82) is 0 Å². The molecular weight excluding hydrogens is 166 g/mol. The first-order valence-electron chi connectivity index (χ1n) is 4.25. The molecule has 13 heavy (non-hydrogen) atoms. The summed E-state index contributed by atoms with van der Waals surface area (Å²) in [5.74, 6) is 0. The van der Waals surface area contributed by atoms with E-state index in [9.17, 15) is 0 Å². The van der Waals surface area contributed by atoms with E-state index in [4.69, 9.17) is 4.74 Å². The Morgan fingerprint density at radius 2 is 2.31 bits per heavy atom. The van der Waals surface area contributed by atoms with Crippen LogP contribution in [0, 0.1) is 6.92 Å². The second-order valence-corrected chi connectivity index (χ2v) is 2.79. The summed E-state index contributed by atoms with van der Waals surface area (Å²) in [7, 11) is 0. The van der Waals surface area contributed by atoms with E-state index in [1.807, 2.05) is 30.5 Å². The lowest BCUT2D eigenvalue weighted by molar-refractivity contribution is 0.306. The minimum absolute atomic E-state index is 0.425. The lowest BCUT2D eigenvalue weighted by atomic mass is 10.5. The van der Waals surface area contributed by atoms with Gasteiger partial charge in [0.2, 0.25) is 0 Å². The van der Waals surface area contributed by atoms with Crippen LogP contribution in [0.15, 0.2) is 18.3 Å². The van der Waals surface area contributed by atoms with Gasteiger partial charge in [-0.15, -0.1) is 5.10 Å². The number of nitrogens with zero attached hydrogens (tertiary/aromatic N) is 3. The molecule has 0 aliphatic heterocycles. The van der Waals surface area contributed by atoms with Crippen molar-refractivity contribution in [3.05, 3.63) is 24.0 Å². The third-order valence-electron chi connectivity index (χ3n) is 1.84. The Morgan fingerprint density at radius 1 is 1.46 bits per heavy atom. The number of aromatic nitrogens is 3. The first kappa shape index (κ1) is 8.04. The van der Waals surface area contributed by atoms with Crippen LogP contribution in [0.5, 0.6) is 6.01 Å². The maximum Gasteiger partial charge on any atom is 0.334 e. The summed E-state index contributed by atoms with van der Waals surface area (Å²) in [5.41, 5.74) is 2.07. The van der Waals surface area contributed by atoms with E-state index in [1.54, 1.807) is 6.20 Å². The topological polar surface area (TPSA) is 39.4 Å². The van der Waals surface area contributed by atoms with Gasteiger partial charge in [-0.1, -0.05) is 0 Å². The van der Waals surface area contributed by atoms with Crippen molar-refractivity contribution in [2.24, 2.45) is 0 Å². The van der Waals surface area contributed by atoms with Crippen LogP contribution in [0.3, 0.4) is 0 Å². The Balaban J connectivity index is 2.53. The summed E-state index contributed by atoms with van der Waals surface area (Å²) in [5, 5.41) is 4.21. The molecule has 0 fully saturated rings. The van der Waals surface area contributed by atoms with Crippen molar-refractivity contribution < 1.29 is 4.74 Å². The highest BCUT2D eigenvalue weighted by molar-refractivity contribution is 5.46. The molecule has 68 valence electrons. The van der Waals surface area contributed by atoms with Gasteiger partial charge in [-0.2, -0.15) is 0 Å². The maximum absolute atomic E-state index is 5.20. The number of aryl methyl sites for hydroxylation is 1. The number of hydrogen-bond donors (Lipinski definition) is 0. The van der Waals surface area contributed by atoms with Gasteiger partial charge in [0.1, 0.15) is 0 Å². The standard InChI is InChI=1S/C9H11N3O/c1-3-13-9-10-6-8-5-4-7(2)12(8)11-9/h4-6H,3H2,1-2H3. The van der Waals surface area contributed by atoms with Crippen molar-refractivity contribution in [3.63, 3.8) is 0 Å². The fourth-order valence-corrected chi connectivity index (χ4v) is 1.21. The summed E-state index contributed by atoms with van der Waals surface area (Å²) in [4.78, 5) is 4.06. The van der Waals surface area contributed by atoms with E-state index in [0.717, 1.165) is 11.2 Å². The molecule has 0 amide bonds. The highest BCUT2D eigenvalue weighted by atomic mass is 16.5. The van der Waals surface area contributed by atoms with Crippen LogP contribution in [0.25, 0.3) is 5.52 Å². The smallest absolute Gasteiger partial charge is 0.334 e. The van der Waals surface area contributed by atoms with Gasteiger partial charge in [0.05, 0.1) is 18.3 Å². The predicted molar refractivity (Wildman–Crippen MR) is 48.9 cm³/mol. The van der Waals surface area contributed by atoms with E-state index >= 15 is 0 Å². The molecule has 0 saturated carbocycles. The predicted octanol–water partition coefficient (Wildman–Crippen LogP) is 1.44. The molecule has 0 atom stereocenters. The van der Waals surface area contributed by atoms with Crippen LogP contribution in [-0.4, -0.2) is 21.2 Å². The Hall–Kier alpha value is -1.58. The van der Waals surface area contributed by atoms with Crippen LogP contribution >= 0.6 is 0 Å². The first-order chi connectivity index (χ1) is 6.31. The number of hydrogen-bond acceptors (Lipinski definition) is 3. The summed E-state index contributed by atoms with van der Waals surface area (Å²) in [6.45, 7) is 4.50. The van der Waals surface area contributed by atoms with Crippen LogP contribution in [0.2, 0.25) is 0 Å². The maximum atomic E-state index is 5.20. The minimum atomic E-state index is 0.425. The molecule has 0 N–H and O–H groups in total. The van der Waals surface area contributed by atoms with Gasteiger partial charge in [-0.3, -0.25) is 0 Å². The second-order valence-electron chi connectivity index (χ2n) is 2.79. The molecule has 4 nitrogen and oxygen atoms in total. The Kier molecular flexibility index (Phi) is 1.88. The second kappa shape index (κ2) is 3.05. The zero-order valence-electron chi connectivity index (χ0n) is 7.69. The molecule has 0 radical (unpaired) electrons. The van der Waals surface area contributed by atoms with E-state index in [0.29, 0.717) is 12.6 Å². The lowest BCUT2D eigenvalue weighted by Gasteiger charge is -2.01. The van der Waals surface area contributed by atoms with Gasteiger partial charge >= 0.3 is 6.01 Å². The van der Waals surface area contributed by atoms with E-state index in [-0.39, 0.29) is 0 Å². The van der Waals surface area contributed by atoms with E-state index < -0.39 is 0 Å². The zero-order chi connectivity index (χ0) is 9.26. The van der Waals surface area contributed by atoms with Crippen molar-refractivity contribution in [2.75, 3.05) is 6.61 Å². The normalized spacial score (nSPS) is 10.6. The molecule has 2 rings (SSSR count). The fraction of sp³-hybridized carbons (Fsp3) is 0.333. The fourth-order valence-electron chi connectivity index (χ4n) is 1.21. The van der Waals surface area contributed by atoms with Crippen LogP contribution in [0.1, 0.15) is 12.6 Å². The summed E-state index contributed by atoms with van der Waals surface area (Å²) in [6, 6.07) is 4.40. The third kappa shape index (κ3) is 1.35. The number of fused-ring (bicyclic) bond motifs is 1. The van der Waals surface area contributed by atoms with E-state index in [1.165, 1.54) is 0 Å². The SMILES string of the molecule is CCOc1ncc2ccc(C)n2n1. The van der Waals surface area contributed by atoms with Crippen molar-refractivity contribution in [2.45, 2.75) is 13.8 Å². The largest absolute Gasteiger partial charge is 0.463 e. The Bertz CT molecular complexity index is 422. The van der Waals surface area contributed by atoms with Gasteiger partial charge in [-0.25, -0.2) is 9.50 Å². The quantitative estimate of drug-likeness (QED) is 0.696. The van der Waals surface area contributed by atoms with Crippen molar-refractivity contribution in [3.8, 4) is 6.01 Å². The third-order valence-corrected chi connectivity index (χ3v) is 1.84. The van der Waals surface area contributed by atoms with Gasteiger partial charge in [0, 0.05) is 5.69 Å². The molecule has 2 aromatic heterocycles.